The fourth-order valence-electron chi connectivity index (χ4n) is 7.14. The summed E-state index contributed by atoms with van der Waals surface area (Å²) in [5.41, 5.74) is 0.946. The van der Waals surface area contributed by atoms with Gasteiger partial charge in [0.2, 0.25) is 11.8 Å². The Morgan fingerprint density at radius 3 is 2.10 bits per heavy atom. The molecule has 5 fully saturated rings. The molecule has 0 atom stereocenters. The summed E-state index contributed by atoms with van der Waals surface area (Å²) in [6.45, 7) is 1.57. The van der Waals surface area contributed by atoms with Gasteiger partial charge in [0.05, 0.1) is 18.9 Å². The summed E-state index contributed by atoms with van der Waals surface area (Å²) in [6, 6.07) is 7.82. The van der Waals surface area contributed by atoms with Crippen LogP contribution in [0.5, 0.6) is 5.75 Å². The highest BCUT2D eigenvalue weighted by atomic mass is 16.5. The first-order valence-corrected chi connectivity index (χ1v) is 11.7. The number of hydrogen-bond acceptors (Lipinski definition) is 3. The molecule has 5 heteroatoms. The molecule has 2 amide bonds. The first-order chi connectivity index (χ1) is 14.5. The van der Waals surface area contributed by atoms with Gasteiger partial charge in [0.25, 0.3) is 0 Å². The number of piperidine rings is 1. The maximum atomic E-state index is 13.5. The molecule has 0 aromatic heterocycles. The highest BCUT2D eigenvalue weighted by Gasteiger charge is 2.55. The van der Waals surface area contributed by atoms with Gasteiger partial charge in [-0.2, -0.15) is 0 Å². The molecule has 1 N–H and O–H groups in total. The van der Waals surface area contributed by atoms with Crippen LogP contribution in [-0.2, 0) is 16.0 Å². The number of hydrogen-bond donors (Lipinski definition) is 1. The minimum Gasteiger partial charge on any atom is -0.497 e. The fourth-order valence-corrected chi connectivity index (χ4v) is 7.14. The number of rotatable bonds is 5. The zero-order valence-electron chi connectivity index (χ0n) is 18.1. The summed E-state index contributed by atoms with van der Waals surface area (Å²) in [4.78, 5) is 28.1. The van der Waals surface area contributed by atoms with E-state index in [1.807, 2.05) is 24.3 Å². The van der Waals surface area contributed by atoms with E-state index in [0.29, 0.717) is 12.3 Å². The number of ether oxygens (including phenoxy) is 1. The molecule has 4 saturated carbocycles. The molecule has 1 aromatic rings. The van der Waals surface area contributed by atoms with Gasteiger partial charge >= 0.3 is 0 Å². The zero-order chi connectivity index (χ0) is 20.7. The molecular formula is C25H34N2O3. The van der Waals surface area contributed by atoms with Crippen LogP contribution in [-0.4, -0.2) is 43.0 Å². The van der Waals surface area contributed by atoms with Crippen molar-refractivity contribution in [3.05, 3.63) is 29.8 Å². The summed E-state index contributed by atoms with van der Waals surface area (Å²) in [6.07, 6.45) is 9.64. The molecule has 1 heterocycles. The number of nitrogens with zero attached hydrogens (tertiary/aromatic N) is 1. The van der Waals surface area contributed by atoms with Crippen molar-refractivity contribution in [2.24, 2.45) is 23.2 Å². The van der Waals surface area contributed by atoms with Crippen LogP contribution in [0.3, 0.4) is 0 Å². The predicted molar refractivity (Wildman–Crippen MR) is 115 cm³/mol. The van der Waals surface area contributed by atoms with Gasteiger partial charge < -0.3 is 15.0 Å². The molecule has 1 aromatic carbocycles. The topological polar surface area (TPSA) is 58.6 Å². The van der Waals surface area contributed by atoms with Crippen LogP contribution in [0.15, 0.2) is 24.3 Å². The molecule has 1 aliphatic heterocycles. The second-order valence-electron chi connectivity index (χ2n) is 10.4. The van der Waals surface area contributed by atoms with E-state index in [-0.39, 0.29) is 17.4 Å². The number of methoxy groups -OCH3 is 1. The zero-order valence-corrected chi connectivity index (χ0v) is 18.1. The monoisotopic (exact) mass is 410 g/mol. The Morgan fingerprint density at radius 2 is 1.57 bits per heavy atom. The second-order valence-corrected chi connectivity index (χ2v) is 10.4. The van der Waals surface area contributed by atoms with E-state index < -0.39 is 0 Å². The van der Waals surface area contributed by atoms with Gasteiger partial charge in [0.15, 0.2) is 0 Å². The largest absolute Gasteiger partial charge is 0.497 e. The lowest BCUT2D eigenvalue weighted by molar-refractivity contribution is -0.158. The third kappa shape index (κ3) is 3.83. The van der Waals surface area contributed by atoms with Crippen molar-refractivity contribution in [1.82, 2.24) is 10.2 Å². The molecule has 5 nitrogen and oxygen atoms in total. The third-order valence-corrected chi connectivity index (χ3v) is 8.16. The van der Waals surface area contributed by atoms with Gasteiger partial charge in [-0.1, -0.05) is 12.1 Å². The molecule has 162 valence electrons. The number of nitrogens with one attached hydrogen (secondary N) is 1. The van der Waals surface area contributed by atoms with E-state index >= 15 is 0 Å². The average molecular weight is 411 g/mol. The van der Waals surface area contributed by atoms with Gasteiger partial charge in [0.1, 0.15) is 5.75 Å². The van der Waals surface area contributed by atoms with Crippen molar-refractivity contribution in [2.75, 3.05) is 20.2 Å². The fraction of sp³-hybridized carbons (Fsp3) is 0.680. The summed E-state index contributed by atoms with van der Waals surface area (Å²) < 4.78 is 5.17. The number of carbonyl (C=O) groups excluding carboxylic acids is 2. The maximum absolute atomic E-state index is 13.5. The second kappa shape index (κ2) is 7.90. The van der Waals surface area contributed by atoms with Gasteiger partial charge in [-0.15, -0.1) is 0 Å². The minimum atomic E-state index is -0.0425. The predicted octanol–water partition coefficient (Wildman–Crippen LogP) is 3.56. The van der Waals surface area contributed by atoms with Crippen molar-refractivity contribution in [3.8, 4) is 5.75 Å². The van der Waals surface area contributed by atoms with Gasteiger partial charge in [-0.25, -0.2) is 0 Å². The molecule has 0 spiro atoms. The molecule has 5 aliphatic rings. The van der Waals surface area contributed by atoms with Crippen molar-refractivity contribution in [3.63, 3.8) is 0 Å². The lowest BCUT2D eigenvalue weighted by Crippen LogP contribution is -2.56. The highest BCUT2D eigenvalue weighted by Crippen LogP contribution is 2.60. The molecular weight excluding hydrogens is 376 g/mol. The van der Waals surface area contributed by atoms with Crippen LogP contribution in [0.1, 0.15) is 56.9 Å². The Morgan fingerprint density at radius 1 is 1.00 bits per heavy atom. The van der Waals surface area contributed by atoms with E-state index in [2.05, 4.69) is 10.2 Å². The lowest BCUT2D eigenvalue weighted by Gasteiger charge is -2.57. The van der Waals surface area contributed by atoms with Gasteiger partial charge in [-0.05, 0) is 86.8 Å². The Kier molecular flexibility index (Phi) is 5.24. The summed E-state index contributed by atoms with van der Waals surface area (Å²) in [5.74, 6) is 3.70. The van der Waals surface area contributed by atoms with Crippen LogP contribution in [0.25, 0.3) is 0 Å². The first kappa shape index (κ1) is 19.9. The molecule has 4 aliphatic carbocycles. The number of likely N-dealkylation sites (tertiary alicyclic amines) is 1. The van der Waals surface area contributed by atoms with E-state index in [0.717, 1.165) is 74.3 Å². The van der Waals surface area contributed by atoms with Crippen molar-refractivity contribution < 1.29 is 14.3 Å². The van der Waals surface area contributed by atoms with Crippen LogP contribution in [0.4, 0.5) is 0 Å². The molecule has 0 radical (unpaired) electrons. The molecule has 4 bridgehead atoms. The summed E-state index contributed by atoms with van der Waals surface area (Å²) in [5, 5.41) is 3.18. The Bertz CT molecular complexity index is 760. The third-order valence-electron chi connectivity index (χ3n) is 8.16. The highest BCUT2D eigenvalue weighted by molar-refractivity contribution is 5.83. The van der Waals surface area contributed by atoms with E-state index in [1.54, 1.807) is 7.11 Å². The standard InChI is InChI=1S/C25H34N2O3/c1-30-22-4-2-17(3-5-22)13-23(28)26-21-6-8-27(9-7-21)24(29)25-14-18-10-19(15-25)12-20(11-18)16-25/h2-5,18-21H,6-16H2,1H3,(H,26,28). The van der Waals surface area contributed by atoms with Crippen molar-refractivity contribution in [1.29, 1.82) is 0 Å². The lowest BCUT2D eigenvalue weighted by atomic mass is 9.49. The van der Waals surface area contributed by atoms with E-state index in [4.69, 9.17) is 4.74 Å². The van der Waals surface area contributed by atoms with Crippen LogP contribution in [0.2, 0.25) is 0 Å². The van der Waals surface area contributed by atoms with E-state index in [1.165, 1.54) is 19.3 Å². The molecule has 0 unspecified atom stereocenters. The van der Waals surface area contributed by atoms with Gasteiger partial charge in [0, 0.05) is 19.1 Å². The number of amides is 2. The maximum Gasteiger partial charge on any atom is 0.228 e. The first-order valence-electron chi connectivity index (χ1n) is 11.7. The van der Waals surface area contributed by atoms with Crippen LogP contribution in [0, 0.1) is 23.2 Å². The number of carbonyl (C=O) groups is 2. The van der Waals surface area contributed by atoms with Crippen molar-refractivity contribution >= 4 is 11.8 Å². The van der Waals surface area contributed by atoms with Crippen LogP contribution >= 0.6 is 0 Å². The molecule has 6 rings (SSSR count). The Hall–Kier alpha value is -2.04. The quantitative estimate of drug-likeness (QED) is 0.807. The average Bonchev–Trinajstić information content (AvgIpc) is 2.73. The summed E-state index contributed by atoms with van der Waals surface area (Å²) in [7, 11) is 1.64. The van der Waals surface area contributed by atoms with Gasteiger partial charge in [-0.3, -0.25) is 9.59 Å². The molecule has 30 heavy (non-hydrogen) atoms. The Labute approximate surface area is 179 Å². The van der Waals surface area contributed by atoms with Crippen molar-refractivity contribution in [2.45, 2.75) is 63.8 Å². The molecule has 1 saturated heterocycles. The van der Waals surface area contributed by atoms with E-state index in [9.17, 15) is 9.59 Å². The minimum absolute atomic E-state index is 0.0425. The smallest absolute Gasteiger partial charge is 0.228 e. The number of benzene rings is 1. The normalized spacial score (nSPS) is 32.8. The Balaban J connectivity index is 1.12. The SMILES string of the molecule is COc1ccc(CC(=O)NC2CCN(C(=O)C34CC5CC(CC(C5)C3)C4)CC2)cc1. The van der Waals surface area contributed by atoms with Crippen LogP contribution < -0.4 is 10.1 Å². The summed E-state index contributed by atoms with van der Waals surface area (Å²) >= 11 is 0.